The minimum atomic E-state index is 0.515. The van der Waals surface area contributed by atoms with Gasteiger partial charge in [-0.15, -0.1) is 0 Å². The highest BCUT2D eigenvalue weighted by Gasteiger charge is 2.23. The standard InChI is InChI=1S/C15H32/c1-6-8-10-12-14(15(3,4)5)13-11-9-7-2/h14H,6-13H2,1-5H3. The van der Waals surface area contributed by atoms with Crippen molar-refractivity contribution in [3.8, 4) is 0 Å². The molecule has 0 aromatic rings. The molecule has 0 aromatic carbocycles. The smallest absolute Gasteiger partial charge is 0.0354 e. The molecule has 0 spiro atoms. The van der Waals surface area contributed by atoms with Crippen molar-refractivity contribution in [1.82, 2.24) is 0 Å². The van der Waals surface area contributed by atoms with Crippen LogP contribution in [0.3, 0.4) is 0 Å². The van der Waals surface area contributed by atoms with E-state index in [1.807, 2.05) is 0 Å². The number of unbranched alkanes of at least 4 members (excludes halogenated alkanes) is 4. The van der Waals surface area contributed by atoms with E-state index < -0.39 is 0 Å². The lowest BCUT2D eigenvalue weighted by atomic mass is 9.75. The molecule has 0 heteroatoms. The van der Waals surface area contributed by atoms with Gasteiger partial charge in [0.2, 0.25) is 0 Å². The lowest BCUT2D eigenvalue weighted by Gasteiger charge is -2.31. The molecule has 0 saturated carbocycles. The molecule has 0 aliphatic rings. The molecule has 15 heavy (non-hydrogen) atoms. The first kappa shape index (κ1) is 15.0. The monoisotopic (exact) mass is 212 g/mol. The van der Waals surface area contributed by atoms with Crippen LogP contribution in [0.1, 0.15) is 86.0 Å². The van der Waals surface area contributed by atoms with E-state index in [1.54, 1.807) is 0 Å². The summed E-state index contributed by atoms with van der Waals surface area (Å²) in [6.45, 7) is 11.8. The summed E-state index contributed by atoms with van der Waals surface area (Å²) in [5, 5.41) is 0. The Morgan fingerprint density at radius 2 is 1.13 bits per heavy atom. The first-order chi connectivity index (χ1) is 7.02. The van der Waals surface area contributed by atoms with Gasteiger partial charge in [-0.25, -0.2) is 0 Å². The summed E-state index contributed by atoms with van der Waals surface area (Å²) in [7, 11) is 0. The SMILES string of the molecule is CCCCCC(CCCCC)C(C)(C)C. The summed E-state index contributed by atoms with van der Waals surface area (Å²) in [6.07, 6.45) is 11.3. The van der Waals surface area contributed by atoms with Crippen molar-refractivity contribution in [2.75, 3.05) is 0 Å². The fourth-order valence-electron chi connectivity index (χ4n) is 2.29. The molecule has 0 heterocycles. The van der Waals surface area contributed by atoms with Crippen LogP contribution in [0.2, 0.25) is 0 Å². The molecule has 0 N–H and O–H groups in total. The maximum Gasteiger partial charge on any atom is -0.0354 e. The third-order valence-corrected chi connectivity index (χ3v) is 3.54. The third-order valence-electron chi connectivity index (χ3n) is 3.54. The van der Waals surface area contributed by atoms with Crippen molar-refractivity contribution in [3.63, 3.8) is 0 Å². The minimum absolute atomic E-state index is 0.515. The van der Waals surface area contributed by atoms with Gasteiger partial charge in [-0.1, -0.05) is 73.1 Å². The number of rotatable bonds is 8. The van der Waals surface area contributed by atoms with Crippen LogP contribution in [0.25, 0.3) is 0 Å². The van der Waals surface area contributed by atoms with Crippen molar-refractivity contribution < 1.29 is 0 Å². The Bertz CT molecular complexity index is 119. The number of hydrogen-bond donors (Lipinski definition) is 0. The lowest BCUT2D eigenvalue weighted by molar-refractivity contribution is 0.201. The van der Waals surface area contributed by atoms with Crippen molar-refractivity contribution in [3.05, 3.63) is 0 Å². The van der Waals surface area contributed by atoms with Gasteiger partial charge in [-0.2, -0.15) is 0 Å². The van der Waals surface area contributed by atoms with E-state index in [-0.39, 0.29) is 0 Å². The summed E-state index contributed by atoms with van der Waals surface area (Å²) in [4.78, 5) is 0. The predicted molar refractivity (Wildman–Crippen MR) is 71.2 cm³/mol. The van der Waals surface area contributed by atoms with Crippen LogP contribution in [-0.4, -0.2) is 0 Å². The molecule has 0 aromatic heterocycles. The molecule has 0 rings (SSSR count). The van der Waals surface area contributed by atoms with Crippen LogP contribution in [0.4, 0.5) is 0 Å². The highest BCUT2D eigenvalue weighted by molar-refractivity contribution is 4.74. The Kier molecular flexibility index (Phi) is 8.19. The van der Waals surface area contributed by atoms with Gasteiger partial charge in [0.15, 0.2) is 0 Å². The van der Waals surface area contributed by atoms with Gasteiger partial charge in [0, 0.05) is 0 Å². The van der Waals surface area contributed by atoms with Crippen LogP contribution in [0.5, 0.6) is 0 Å². The van der Waals surface area contributed by atoms with Gasteiger partial charge in [-0.3, -0.25) is 0 Å². The second-order valence-electron chi connectivity index (χ2n) is 6.05. The summed E-state index contributed by atoms with van der Waals surface area (Å²) in [5.74, 6) is 0.940. The van der Waals surface area contributed by atoms with E-state index in [9.17, 15) is 0 Å². The maximum absolute atomic E-state index is 2.41. The van der Waals surface area contributed by atoms with Gasteiger partial charge in [0.05, 0.1) is 0 Å². The normalized spacial score (nSPS) is 12.4. The van der Waals surface area contributed by atoms with Crippen LogP contribution in [0, 0.1) is 11.3 Å². The van der Waals surface area contributed by atoms with Crippen molar-refractivity contribution in [1.29, 1.82) is 0 Å². The summed E-state index contributed by atoms with van der Waals surface area (Å²) >= 11 is 0. The van der Waals surface area contributed by atoms with Crippen LogP contribution in [0.15, 0.2) is 0 Å². The predicted octanol–water partition coefficient (Wildman–Crippen LogP) is 5.81. The Hall–Kier alpha value is 0. The second-order valence-corrected chi connectivity index (χ2v) is 6.05. The van der Waals surface area contributed by atoms with Crippen LogP contribution in [-0.2, 0) is 0 Å². The fourth-order valence-corrected chi connectivity index (χ4v) is 2.29. The van der Waals surface area contributed by atoms with Crippen molar-refractivity contribution in [2.24, 2.45) is 11.3 Å². The third kappa shape index (κ3) is 7.88. The molecular formula is C15H32. The quantitative estimate of drug-likeness (QED) is 0.445. The molecule has 0 saturated heterocycles. The van der Waals surface area contributed by atoms with Crippen molar-refractivity contribution >= 4 is 0 Å². The van der Waals surface area contributed by atoms with E-state index in [2.05, 4.69) is 34.6 Å². The first-order valence-electron chi connectivity index (χ1n) is 7.02. The molecule has 0 unspecified atom stereocenters. The molecule has 0 aliphatic carbocycles. The van der Waals surface area contributed by atoms with Crippen LogP contribution >= 0.6 is 0 Å². The van der Waals surface area contributed by atoms with Gasteiger partial charge >= 0.3 is 0 Å². The summed E-state index contributed by atoms with van der Waals surface area (Å²) in [6, 6.07) is 0. The van der Waals surface area contributed by atoms with Gasteiger partial charge in [-0.05, 0) is 24.2 Å². The molecule has 0 radical (unpaired) electrons. The Morgan fingerprint density at radius 1 is 0.733 bits per heavy atom. The highest BCUT2D eigenvalue weighted by atomic mass is 14.3. The van der Waals surface area contributed by atoms with Crippen molar-refractivity contribution in [2.45, 2.75) is 86.0 Å². The average Bonchev–Trinajstić information content (AvgIpc) is 2.14. The van der Waals surface area contributed by atoms with E-state index in [1.165, 1.54) is 51.4 Å². The zero-order chi connectivity index (χ0) is 11.7. The molecule has 92 valence electrons. The fraction of sp³-hybridized carbons (Fsp3) is 1.00. The van der Waals surface area contributed by atoms with E-state index in [4.69, 9.17) is 0 Å². The highest BCUT2D eigenvalue weighted by Crippen LogP contribution is 2.34. The maximum atomic E-state index is 2.41. The molecule has 0 amide bonds. The Balaban J connectivity index is 3.85. The zero-order valence-electron chi connectivity index (χ0n) is 11.7. The minimum Gasteiger partial charge on any atom is -0.0654 e. The van der Waals surface area contributed by atoms with E-state index in [0.717, 1.165) is 5.92 Å². The average molecular weight is 212 g/mol. The first-order valence-corrected chi connectivity index (χ1v) is 7.02. The van der Waals surface area contributed by atoms with Gasteiger partial charge in [0.25, 0.3) is 0 Å². The molecular weight excluding hydrogens is 180 g/mol. The Morgan fingerprint density at radius 3 is 1.40 bits per heavy atom. The van der Waals surface area contributed by atoms with Crippen LogP contribution < -0.4 is 0 Å². The largest absolute Gasteiger partial charge is 0.0654 e. The summed E-state index contributed by atoms with van der Waals surface area (Å²) < 4.78 is 0. The van der Waals surface area contributed by atoms with E-state index in [0.29, 0.717) is 5.41 Å². The Labute approximate surface area is 97.8 Å². The molecule has 0 atom stereocenters. The lowest BCUT2D eigenvalue weighted by Crippen LogP contribution is -2.20. The molecule has 0 nitrogen and oxygen atoms in total. The second kappa shape index (κ2) is 8.19. The number of hydrogen-bond acceptors (Lipinski definition) is 0. The molecule has 0 aliphatic heterocycles. The van der Waals surface area contributed by atoms with Gasteiger partial charge in [0.1, 0.15) is 0 Å². The summed E-state index contributed by atoms with van der Waals surface area (Å²) in [5.41, 5.74) is 0.515. The van der Waals surface area contributed by atoms with E-state index >= 15 is 0 Å². The van der Waals surface area contributed by atoms with Gasteiger partial charge < -0.3 is 0 Å². The zero-order valence-corrected chi connectivity index (χ0v) is 11.7. The molecule has 0 fully saturated rings. The molecule has 0 bridgehead atoms. The topological polar surface area (TPSA) is 0 Å².